The first-order chi connectivity index (χ1) is 13.1. The fourth-order valence-corrected chi connectivity index (χ4v) is 2.76. The van der Waals surface area contributed by atoms with Crippen molar-refractivity contribution in [1.29, 1.82) is 0 Å². The number of nitrogens with zero attached hydrogens (tertiary/aromatic N) is 1. The molecule has 2 aromatic carbocycles. The van der Waals surface area contributed by atoms with Crippen molar-refractivity contribution in [3.8, 4) is 11.3 Å². The maximum absolute atomic E-state index is 12.9. The lowest BCUT2D eigenvalue weighted by Crippen LogP contribution is -2.23. The summed E-state index contributed by atoms with van der Waals surface area (Å²) in [6, 6.07) is 18.9. The standard InChI is InChI=1S/C22H20N2O3/c1-3-27-21(25)13-15(2)23-22(26)18-14-20(16-9-5-4-6-10-16)24-19-12-8-7-11-17(18)19/h4-14H,3H2,1-2H3,(H,23,26)/b15-13+. The summed E-state index contributed by atoms with van der Waals surface area (Å²) in [6.45, 7) is 3.66. The molecule has 27 heavy (non-hydrogen) atoms. The quantitative estimate of drug-likeness (QED) is 0.549. The number of allylic oxidation sites excluding steroid dienone is 1. The minimum absolute atomic E-state index is 0.284. The highest BCUT2D eigenvalue weighted by molar-refractivity contribution is 6.08. The Balaban J connectivity index is 2.00. The first kappa shape index (κ1) is 18.3. The van der Waals surface area contributed by atoms with E-state index in [0.717, 1.165) is 16.5 Å². The van der Waals surface area contributed by atoms with Crippen LogP contribution in [0.25, 0.3) is 22.2 Å². The Morgan fingerprint density at radius 1 is 1.07 bits per heavy atom. The van der Waals surface area contributed by atoms with Crippen molar-refractivity contribution in [2.24, 2.45) is 0 Å². The Labute approximate surface area is 157 Å². The SMILES string of the molecule is CCOC(=O)/C=C(\C)NC(=O)c1cc(-c2ccccc2)nc2ccccc12. The van der Waals surface area contributed by atoms with E-state index >= 15 is 0 Å². The summed E-state index contributed by atoms with van der Waals surface area (Å²) < 4.78 is 4.87. The van der Waals surface area contributed by atoms with E-state index < -0.39 is 5.97 Å². The van der Waals surface area contributed by atoms with Gasteiger partial charge in [-0.15, -0.1) is 0 Å². The molecule has 3 rings (SSSR count). The fourth-order valence-electron chi connectivity index (χ4n) is 2.76. The Hall–Kier alpha value is -3.47. The molecule has 5 nitrogen and oxygen atoms in total. The van der Waals surface area contributed by atoms with E-state index in [2.05, 4.69) is 10.3 Å². The van der Waals surface area contributed by atoms with Gasteiger partial charge in [-0.2, -0.15) is 0 Å². The summed E-state index contributed by atoms with van der Waals surface area (Å²) in [5, 5.41) is 3.50. The van der Waals surface area contributed by atoms with E-state index in [1.165, 1.54) is 6.08 Å². The number of hydrogen-bond acceptors (Lipinski definition) is 4. The number of fused-ring (bicyclic) bond motifs is 1. The minimum Gasteiger partial charge on any atom is -0.463 e. The van der Waals surface area contributed by atoms with Gasteiger partial charge in [0.1, 0.15) is 0 Å². The topological polar surface area (TPSA) is 68.3 Å². The number of rotatable bonds is 5. The van der Waals surface area contributed by atoms with E-state index in [9.17, 15) is 9.59 Å². The molecule has 1 N–H and O–H groups in total. The molecule has 0 atom stereocenters. The van der Waals surface area contributed by atoms with E-state index in [-0.39, 0.29) is 12.5 Å². The van der Waals surface area contributed by atoms with Gasteiger partial charge in [-0.05, 0) is 26.0 Å². The lowest BCUT2D eigenvalue weighted by atomic mass is 10.0. The summed E-state index contributed by atoms with van der Waals surface area (Å²) >= 11 is 0. The van der Waals surface area contributed by atoms with E-state index in [1.807, 2.05) is 54.6 Å². The van der Waals surface area contributed by atoms with Crippen LogP contribution in [0.15, 0.2) is 72.4 Å². The molecule has 0 bridgehead atoms. The second-order valence-corrected chi connectivity index (χ2v) is 5.97. The van der Waals surface area contributed by atoms with E-state index in [0.29, 0.717) is 17.0 Å². The number of aromatic nitrogens is 1. The average molecular weight is 360 g/mol. The molecule has 0 aliphatic rings. The third kappa shape index (κ3) is 4.39. The van der Waals surface area contributed by atoms with Crippen molar-refractivity contribution in [2.45, 2.75) is 13.8 Å². The van der Waals surface area contributed by atoms with Gasteiger partial charge < -0.3 is 10.1 Å². The number of hydrogen-bond donors (Lipinski definition) is 1. The molecule has 0 aliphatic carbocycles. The van der Waals surface area contributed by atoms with Crippen molar-refractivity contribution < 1.29 is 14.3 Å². The number of nitrogens with one attached hydrogen (secondary N) is 1. The summed E-state index contributed by atoms with van der Waals surface area (Å²) in [5.41, 5.74) is 3.29. The normalized spacial score (nSPS) is 11.3. The maximum Gasteiger partial charge on any atom is 0.332 e. The molecule has 1 aromatic heterocycles. The largest absolute Gasteiger partial charge is 0.463 e. The highest BCUT2D eigenvalue weighted by Gasteiger charge is 2.14. The molecular weight excluding hydrogens is 340 g/mol. The van der Waals surface area contributed by atoms with E-state index in [1.54, 1.807) is 19.9 Å². The number of carbonyl (C=O) groups is 2. The summed E-state index contributed by atoms with van der Waals surface area (Å²) in [5.74, 6) is -0.788. The summed E-state index contributed by atoms with van der Waals surface area (Å²) in [6.07, 6.45) is 1.27. The zero-order valence-corrected chi connectivity index (χ0v) is 15.2. The van der Waals surface area contributed by atoms with Crippen molar-refractivity contribution in [3.63, 3.8) is 0 Å². The molecule has 0 saturated carbocycles. The predicted octanol–water partition coefficient (Wildman–Crippen LogP) is 4.10. The lowest BCUT2D eigenvalue weighted by molar-refractivity contribution is -0.137. The molecule has 0 radical (unpaired) electrons. The molecule has 5 heteroatoms. The van der Waals surface area contributed by atoms with Crippen LogP contribution in [0.3, 0.4) is 0 Å². The molecule has 3 aromatic rings. The van der Waals surface area contributed by atoms with Crippen LogP contribution in [0.2, 0.25) is 0 Å². The number of pyridine rings is 1. The molecule has 1 heterocycles. The lowest BCUT2D eigenvalue weighted by Gasteiger charge is -2.11. The highest BCUT2D eigenvalue weighted by Crippen LogP contribution is 2.24. The molecular formula is C22H20N2O3. The number of esters is 1. The van der Waals surface area contributed by atoms with Crippen LogP contribution in [-0.4, -0.2) is 23.5 Å². The average Bonchev–Trinajstić information content (AvgIpc) is 2.67. The number of amides is 1. The first-order valence-corrected chi connectivity index (χ1v) is 8.70. The van der Waals surface area contributed by atoms with Gasteiger partial charge in [-0.3, -0.25) is 4.79 Å². The summed E-state index contributed by atoms with van der Waals surface area (Å²) in [7, 11) is 0. The molecule has 0 fully saturated rings. The van der Waals surface area contributed by atoms with Crippen LogP contribution in [0.1, 0.15) is 24.2 Å². The van der Waals surface area contributed by atoms with E-state index in [4.69, 9.17) is 4.74 Å². The second kappa shape index (κ2) is 8.27. The number of para-hydroxylation sites is 1. The van der Waals surface area contributed by atoms with Gasteiger partial charge in [-0.1, -0.05) is 48.5 Å². The smallest absolute Gasteiger partial charge is 0.332 e. The van der Waals surface area contributed by atoms with Gasteiger partial charge in [0.15, 0.2) is 0 Å². The maximum atomic E-state index is 12.9. The Morgan fingerprint density at radius 2 is 1.78 bits per heavy atom. The van der Waals surface area contributed by atoms with Crippen molar-refractivity contribution in [2.75, 3.05) is 6.61 Å². The predicted molar refractivity (Wildman–Crippen MR) is 105 cm³/mol. The second-order valence-electron chi connectivity index (χ2n) is 5.97. The monoisotopic (exact) mass is 360 g/mol. The molecule has 136 valence electrons. The van der Waals surface area contributed by atoms with Gasteiger partial charge in [0.2, 0.25) is 0 Å². The first-order valence-electron chi connectivity index (χ1n) is 8.70. The number of carbonyl (C=O) groups excluding carboxylic acids is 2. The van der Waals surface area contributed by atoms with Crippen LogP contribution < -0.4 is 5.32 Å². The van der Waals surface area contributed by atoms with Gasteiger partial charge in [0.25, 0.3) is 5.91 Å². The van der Waals surface area contributed by atoms with Gasteiger partial charge >= 0.3 is 5.97 Å². The highest BCUT2D eigenvalue weighted by atomic mass is 16.5. The van der Waals surface area contributed by atoms with Crippen molar-refractivity contribution in [1.82, 2.24) is 10.3 Å². The van der Waals surface area contributed by atoms with Gasteiger partial charge in [0.05, 0.1) is 23.4 Å². The van der Waals surface area contributed by atoms with Crippen LogP contribution in [-0.2, 0) is 9.53 Å². The zero-order chi connectivity index (χ0) is 19.2. The van der Waals surface area contributed by atoms with Gasteiger partial charge in [0, 0.05) is 22.7 Å². The number of benzene rings is 2. The van der Waals surface area contributed by atoms with Gasteiger partial charge in [-0.25, -0.2) is 9.78 Å². The molecule has 0 aliphatic heterocycles. The molecule has 0 saturated heterocycles. The third-order valence-electron chi connectivity index (χ3n) is 3.96. The fraction of sp³-hybridized carbons (Fsp3) is 0.136. The Morgan fingerprint density at radius 3 is 2.52 bits per heavy atom. The number of ether oxygens (including phenoxy) is 1. The Kier molecular flexibility index (Phi) is 5.61. The van der Waals surface area contributed by atoms with Crippen molar-refractivity contribution in [3.05, 3.63) is 78.0 Å². The van der Waals surface area contributed by atoms with Crippen molar-refractivity contribution >= 4 is 22.8 Å². The minimum atomic E-state index is -0.486. The van der Waals surface area contributed by atoms with Crippen LogP contribution in [0.4, 0.5) is 0 Å². The van der Waals surface area contributed by atoms with Crippen LogP contribution in [0.5, 0.6) is 0 Å². The molecule has 0 unspecified atom stereocenters. The summed E-state index contributed by atoms with van der Waals surface area (Å²) in [4.78, 5) is 29.1. The molecule has 1 amide bonds. The third-order valence-corrected chi connectivity index (χ3v) is 3.96. The van der Waals surface area contributed by atoms with Crippen LogP contribution in [0, 0.1) is 0 Å². The Bertz CT molecular complexity index is 1010. The zero-order valence-electron chi connectivity index (χ0n) is 15.2. The van der Waals surface area contributed by atoms with Crippen LogP contribution >= 0.6 is 0 Å². The molecule has 0 spiro atoms.